The van der Waals surface area contributed by atoms with E-state index in [2.05, 4.69) is 42.6 Å². The summed E-state index contributed by atoms with van der Waals surface area (Å²) < 4.78 is 5.20. The maximum atomic E-state index is 5.20. The number of hydrogen-bond acceptors (Lipinski definition) is 2. The number of aryl methyl sites for hydroxylation is 1. The van der Waals surface area contributed by atoms with E-state index in [4.69, 9.17) is 4.74 Å². The van der Waals surface area contributed by atoms with E-state index in [1.807, 2.05) is 18.2 Å². The molecule has 0 spiro atoms. The highest BCUT2D eigenvalue weighted by molar-refractivity contribution is 5.46. The Labute approximate surface area is 102 Å². The zero-order valence-electron chi connectivity index (χ0n) is 10.2. The van der Waals surface area contributed by atoms with Gasteiger partial charge in [0.25, 0.3) is 0 Å². The number of benzene rings is 2. The molecule has 2 aromatic carbocycles. The third-order valence-electron chi connectivity index (χ3n) is 2.65. The third-order valence-corrected chi connectivity index (χ3v) is 2.65. The van der Waals surface area contributed by atoms with Gasteiger partial charge in [-0.2, -0.15) is 0 Å². The van der Waals surface area contributed by atoms with Crippen molar-refractivity contribution in [3.05, 3.63) is 59.7 Å². The molecular weight excluding hydrogens is 210 g/mol. The predicted molar refractivity (Wildman–Crippen MR) is 71.5 cm³/mol. The van der Waals surface area contributed by atoms with Crippen molar-refractivity contribution in [2.75, 3.05) is 12.4 Å². The van der Waals surface area contributed by atoms with Gasteiger partial charge in [-0.1, -0.05) is 24.3 Å². The maximum Gasteiger partial charge on any atom is 0.119 e. The van der Waals surface area contributed by atoms with Crippen LogP contribution in [0.1, 0.15) is 11.1 Å². The minimum absolute atomic E-state index is 0.806. The molecule has 2 heteroatoms. The lowest BCUT2D eigenvalue weighted by atomic mass is 10.2. The highest BCUT2D eigenvalue weighted by atomic mass is 16.5. The third kappa shape index (κ3) is 3.25. The van der Waals surface area contributed by atoms with Crippen molar-refractivity contribution in [2.24, 2.45) is 0 Å². The highest BCUT2D eigenvalue weighted by Crippen LogP contribution is 2.15. The van der Waals surface area contributed by atoms with Crippen LogP contribution in [0, 0.1) is 6.92 Å². The summed E-state index contributed by atoms with van der Waals surface area (Å²) in [6, 6.07) is 16.5. The molecule has 0 atom stereocenters. The van der Waals surface area contributed by atoms with Gasteiger partial charge in [0.2, 0.25) is 0 Å². The molecule has 17 heavy (non-hydrogen) atoms. The van der Waals surface area contributed by atoms with Gasteiger partial charge in [0, 0.05) is 12.2 Å². The molecular formula is C15H17NO. The molecule has 0 fully saturated rings. The number of anilines is 1. The molecule has 0 amide bonds. The summed E-state index contributed by atoms with van der Waals surface area (Å²) in [5, 5.41) is 3.40. The fourth-order valence-corrected chi connectivity index (χ4v) is 1.74. The molecule has 0 saturated heterocycles. The Morgan fingerprint density at radius 2 is 1.88 bits per heavy atom. The molecule has 0 aliphatic heterocycles. The minimum atomic E-state index is 0.806. The van der Waals surface area contributed by atoms with E-state index >= 15 is 0 Å². The number of rotatable bonds is 4. The van der Waals surface area contributed by atoms with Gasteiger partial charge in [0.15, 0.2) is 0 Å². The van der Waals surface area contributed by atoms with Gasteiger partial charge in [0.05, 0.1) is 7.11 Å². The average Bonchev–Trinajstić information content (AvgIpc) is 2.37. The Morgan fingerprint density at radius 1 is 1.06 bits per heavy atom. The van der Waals surface area contributed by atoms with E-state index in [0.717, 1.165) is 18.0 Å². The van der Waals surface area contributed by atoms with Crippen LogP contribution in [0.15, 0.2) is 48.5 Å². The second kappa shape index (κ2) is 5.39. The number of nitrogens with one attached hydrogen (secondary N) is 1. The van der Waals surface area contributed by atoms with E-state index in [9.17, 15) is 0 Å². The second-order valence-corrected chi connectivity index (χ2v) is 4.07. The van der Waals surface area contributed by atoms with E-state index in [-0.39, 0.29) is 0 Å². The SMILES string of the molecule is COc1cccc(CNc2cccc(C)c2)c1. The summed E-state index contributed by atoms with van der Waals surface area (Å²) in [4.78, 5) is 0. The summed E-state index contributed by atoms with van der Waals surface area (Å²) in [5.41, 5.74) is 3.62. The van der Waals surface area contributed by atoms with Crippen molar-refractivity contribution < 1.29 is 4.74 Å². The van der Waals surface area contributed by atoms with Gasteiger partial charge in [-0.3, -0.25) is 0 Å². The van der Waals surface area contributed by atoms with Crippen molar-refractivity contribution in [2.45, 2.75) is 13.5 Å². The standard InChI is InChI=1S/C15H17NO/c1-12-5-3-7-14(9-12)16-11-13-6-4-8-15(10-13)17-2/h3-10,16H,11H2,1-2H3. The van der Waals surface area contributed by atoms with Crippen LogP contribution in [-0.4, -0.2) is 7.11 Å². The molecule has 0 aromatic heterocycles. The van der Waals surface area contributed by atoms with E-state index in [1.54, 1.807) is 7.11 Å². The van der Waals surface area contributed by atoms with Gasteiger partial charge in [-0.25, -0.2) is 0 Å². The summed E-state index contributed by atoms with van der Waals surface area (Å²) in [5.74, 6) is 0.897. The Kier molecular flexibility index (Phi) is 3.66. The van der Waals surface area contributed by atoms with Crippen LogP contribution in [-0.2, 0) is 6.54 Å². The van der Waals surface area contributed by atoms with Crippen LogP contribution in [0.5, 0.6) is 5.75 Å². The summed E-state index contributed by atoms with van der Waals surface area (Å²) >= 11 is 0. The Morgan fingerprint density at radius 3 is 2.65 bits per heavy atom. The zero-order chi connectivity index (χ0) is 12.1. The molecule has 88 valence electrons. The quantitative estimate of drug-likeness (QED) is 0.861. The lowest BCUT2D eigenvalue weighted by Gasteiger charge is -2.08. The molecule has 0 heterocycles. The fraction of sp³-hybridized carbons (Fsp3) is 0.200. The van der Waals surface area contributed by atoms with E-state index < -0.39 is 0 Å². The molecule has 0 saturated carbocycles. The van der Waals surface area contributed by atoms with E-state index in [0.29, 0.717) is 0 Å². The van der Waals surface area contributed by atoms with Crippen molar-refractivity contribution in [1.82, 2.24) is 0 Å². The lowest BCUT2D eigenvalue weighted by Crippen LogP contribution is -1.99. The van der Waals surface area contributed by atoms with Crippen LogP contribution in [0.4, 0.5) is 5.69 Å². The molecule has 2 aromatic rings. The normalized spacial score (nSPS) is 10.0. The van der Waals surface area contributed by atoms with Gasteiger partial charge >= 0.3 is 0 Å². The lowest BCUT2D eigenvalue weighted by molar-refractivity contribution is 0.414. The molecule has 0 aliphatic carbocycles. The van der Waals surface area contributed by atoms with Crippen LogP contribution < -0.4 is 10.1 Å². The van der Waals surface area contributed by atoms with Crippen LogP contribution in [0.2, 0.25) is 0 Å². The number of ether oxygens (including phenoxy) is 1. The van der Waals surface area contributed by atoms with Crippen LogP contribution in [0.3, 0.4) is 0 Å². The summed E-state index contributed by atoms with van der Waals surface area (Å²) in [6.45, 7) is 2.90. The molecule has 0 aliphatic rings. The first-order valence-electron chi connectivity index (χ1n) is 5.71. The first kappa shape index (κ1) is 11.5. The Balaban J connectivity index is 2.02. The molecule has 0 bridgehead atoms. The first-order chi connectivity index (χ1) is 8.28. The monoisotopic (exact) mass is 227 g/mol. The molecule has 2 rings (SSSR count). The second-order valence-electron chi connectivity index (χ2n) is 4.07. The topological polar surface area (TPSA) is 21.3 Å². The molecule has 1 N–H and O–H groups in total. The van der Waals surface area contributed by atoms with Gasteiger partial charge in [-0.05, 0) is 42.3 Å². The molecule has 0 radical (unpaired) electrons. The number of hydrogen-bond donors (Lipinski definition) is 1. The van der Waals surface area contributed by atoms with E-state index in [1.165, 1.54) is 11.1 Å². The average molecular weight is 227 g/mol. The fourth-order valence-electron chi connectivity index (χ4n) is 1.74. The van der Waals surface area contributed by atoms with Gasteiger partial charge in [-0.15, -0.1) is 0 Å². The Bertz CT molecular complexity index is 494. The van der Waals surface area contributed by atoms with Crippen molar-refractivity contribution in [1.29, 1.82) is 0 Å². The van der Waals surface area contributed by atoms with Crippen molar-refractivity contribution in [3.8, 4) is 5.75 Å². The molecule has 2 nitrogen and oxygen atoms in total. The first-order valence-corrected chi connectivity index (χ1v) is 5.71. The number of methoxy groups -OCH3 is 1. The maximum absolute atomic E-state index is 5.20. The van der Waals surface area contributed by atoms with Gasteiger partial charge in [0.1, 0.15) is 5.75 Å². The summed E-state index contributed by atoms with van der Waals surface area (Å²) in [6.07, 6.45) is 0. The smallest absolute Gasteiger partial charge is 0.119 e. The van der Waals surface area contributed by atoms with Crippen molar-refractivity contribution in [3.63, 3.8) is 0 Å². The van der Waals surface area contributed by atoms with Crippen LogP contribution in [0.25, 0.3) is 0 Å². The summed E-state index contributed by atoms with van der Waals surface area (Å²) in [7, 11) is 1.69. The van der Waals surface area contributed by atoms with Gasteiger partial charge < -0.3 is 10.1 Å². The molecule has 0 unspecified atom stereocenters. The zero-order valence-corrected chi connectivity index (χ0v) is 10.2. The predicted octanol–water partition coefficient (Wildman–Crippen LogP) is 3.62. The van der Waals surface area contributed by atoms with Crippen molar-refractivity contribution >= 4 is 5.69 Å². The van der Waals surface area contributed by atoms with Crippen LogP contribution >= 0.6 is 0 Å². The Hall–Kier alpha value is -1.96. The highest BCUT2D eigenvalue weighted by Gasteiger charge is 1.96. The largest absolute Gasteiger partial charge is 0.497 e. The minimum Gasteiger partial charge on any atom is -0.497 e.